The molecule has 0 aromatic rings. The van der Waals surface area contributed by atoms with Crippen LogP contribution in [0.4, 0.5) is 4.39 Å². The molecule has 4 bridgehead atoms. The standard InChI is InChI=1S/C14H19FO4/c1-18-10(16)12-3-9-4-13(6-12,11(17)19-2)8-14(15,5-9)7-12/h9H,3-8H2,1-2H3. The average molecular weight is 270 g/mol. The third-order valence-corrected chi connectivity index (χ3v) is 5.24. The summed E-state index contributed by atoms with van der Waals surface area (Å²) in [6, 6.07) is 0. The van der Waals surface area contributed by atoms with Crippen LogP contribution in [0.1, 0.15) is 38.5 Å². The van der Waals surface area contributed by atoms with Crippen molar-refractivity contribution in [3.63, 3.8) is 0 Å². The molecule has 2 unspecified atom stereocenters. The van der Waals surface area contributed by atoms with Crippen LogP contribution in [0.5, 0.6) is 0 Å². The molecule has 0 aromatic heterocycles. The second kappa shape index (κ2) is 3.70. The Hall–Kier alpha value is -1.13. The maximum atomic E-state index is 15.0. The minimum Gasteiger partial charge on any atom is -0.469 e. The molecule has 4 saturated carbocycles. The van der Waals surface area contributed by atoms with E-state index in [0.717, 1.165) is 0 Å². The normalized spacial score (nSPS) is 47.0. The molecule has 0 aliphatic heterocycles. The molecule has 4 aliphatic carbocycles. The molecule has 0 N–H and O–H groups in total. The zero-order valence-corrected chi connectivity index (χ0v) is 11.3. The summed E-state index contributed by atoms with van der Waals surface area (Å²) in [4.78, 5) is 24.2. The van der Waals surface area contributed by atoms with Gasteiger partial charge in [-0.2, -0.15) is 0 Å². The molecule has 2 atom stereocenters. The van der Waals surface area contributed by atoms with E-state index in [0.29, 0.717) is 25.7 Å². The van der Waals surface area contributed by atoms with Crippen LogP contribution in [0.3, 0.4) is 0 Å². The summed E-state index contributed by atoms with van der Waals surface area (Å²) in [5, 5.41) is 0. The van der Waals surface area contributed by atoms with Crippen molar-refractivity contribution >= 4 is 11.9 Å². The smallest absolute Gasteiger partial charge is 0.311 e. The van der Waals surface area contributed by atoms with E-state index in [1.165, 1.54) is 14.2 Å². The van der Waals surface area contributed by atoms with Crippen molar-refractivity contribution in [2.24, 2.45) is 16.7 Å². The van der Waals surface area contributed by atoms with Crippen LogP contribution in [-0.2, 0) is 19.1 Å². The van der Waals surface area contributed by atoms with Crippen LogP contribution in [0.2, 0.25) is 0 Å². The summed E-state index contributed by atoms with van der Waals surface area (Å²) in [5.41, 5.74) is -3.06. The van der Waals surface area contributed by atoms with E-state index < -0.39 is 16.5 Å². The summed E-state index contributed by atoms with van der Waals surface area (Å²) in [5.74, 6) is -0.654. The summed E-state index contributed by atoms with van der Waals surface area (Å²) < 4.78 is 24.7. The number of hydrogen-bond donors (Lipinski definition) is 0. The van der Waals surface area contributed by atoms with E-state index in [2.05, 4.69) is 0 Å². The summed E-state index contributed by atoms with van der Waals surface area (Å²) in [7, 11) is 2.66. The zero-order valence-electron chi connectivity index (χ0n) is 11.3. The van der Waals surface area contributed by atoms with Crippen molar-refractivity contribution in [2.75, 3.05) is 14.2 Å². The van der Waals surface area contributed by atoms with Gasteiger partial charge in [0.15, 0.2) is 0 Å². The lowest BCUT2D eigenvalue weighted by molar-refractivity contribution is -0.208. The third-order valence-electron chi connectivity index (χ3n) is 5.24. The monoisotopic (exact) mass is 270 g/mol. The summed E-state index contributed by atoms with van der Waals surface area (Å²) in [6.45, 7) is 0. The molecule has 4 rings (SSSR count). The predicted octanol–water partition coefficient (Wildman–Crippen LogP) is 2.01. The third kappa shape index (κ3) is 1.63. The highest BCUT2D eigenvalue weighted by Gasteiger charge is 2.69. The molecule has 0 radical (unpaired) electrons. The molecule has 0 spiro atoms. The molecule has 5 heteroatoms. The minimum absolute atomic E-state index is 0.0828. The molecule has 106 valence electrons. The molecule has 4 nitrogen and oxygen atoms in total. The van der Waals surface area contributed by atoms with Gasteiger partial charge < -0.3 is 9.47 Å². The Morgan fingerprint density at radius 1 is 0.947 bits per heavy atom. The Bertz CT molecular complexity index is 415. The first-order valence-corrected chi connectivity index (χ1v) is 6.73. The van der Waals surface area contributed by atoms with Crippen molar-refractivity contribution < 1.29 is 23.5 Å². The van der Waals surface area contributed by atoms with Gasteiger partial charge >= 0.3 is 11.9 Å². The number of halogens is 1. The average Bonchev–Trinajstić information content (AvgIpc) is 2.33. The molecular weight excluding hydrogens is 251 g/mol. The number of alkyl halides is 1. The summed E-state index contributed by atoms with van der Waals surface area (Å²) >= 11 is 0. The van der Waals surface area contributed by atoms with Crippen molar-refractivity contribution in [3.8, 4) is 0 Å². The molecule has 0 heterocycles. The number of hydrogen-bond acceptors (Lipinski definition) is 4. The van der Waals surface area contributed by atoms with Crippen LogP contribution < -0.4 is 0 Å². The molecule has 0 saturated heterocycles. The van der Waals surface area contributed by atoms with Gasteiger partial charge in [-0.3, -0.25) is 9.59 Å². The maximum Gasteiger partial charge on any atom is 0.311 e. The fraction of sp³-hybridized carbons (Fsp3) is 0.857. The second-order valence-electron chi connectivity index (χ2n) is 6.70. The number of carbonyl (C=O) groups excluding carboxylic acids is 2. The van der Waals surface area contributed by atoms with Crippen molar-refractivity contribution in [2.45, 2.75) is 44.2 Å². The Morgan fingerprint density at radius 2 is 1.42 bits per heavy atom. The summed E-state index contributed by atoms with van der Waals surface area (Å²) in [6.07, 6.45) is 2.52. The van der Waals surface area contributed by atoms with Gasteiger partial charge in [0.1, 0.15) is 5.67 Å². The highest BCUT2D eigenvalue weighted by molar-refractivity contribution is 5.83. The van der Waals surface area contributed by atoms with Crippen LogP contribution >= 0.6 is 0 Å². The van der Waals surface area contributed by atoms with E-state index in [1.54, 1.807) is 0 Å². The maximum absolute atomic E-state index is 15.0. The van der Waals surface area contributed by atoms with Gasteiger partial charge in [-0.05, 0) is 44.4 Å². The lowest BCUT2D eigenvalue weighted by atomic mass is 9.43. The molecule has 4 aliphatic rings. The van der Waals surface area contributed by atoms with E-state index in [9.17, 15) is 14.0 Å². The molecule has 0 amide bonds. The van der Waals surface area contributed by atoms with Gasteiger partial charge in [-0.15, -0.1) is 0 Å². The first kappa shape index (κ1) is 12.9. The fourth-order valence-electron chi connectivity index (χ4n) is 5.21. The van der Waals surface area contributed by atoms with Crippen molar-refractivity contribution in [3.05, 3.63) is 0 Å². The number of rotatable bonds is 2. The first-order valence-electron chi connectivity index (χ1n) is 6.73. The molecule has 0 aromatic carbocycles. The van der Waals surface area contributed by atoms with Gasteiger partial charge in [0, 0.05) is 0 Å². The Kier molecular flexibility index (Phi) is 2.51. The molecule has 19 heavy (non-hydrogen) atoms. The number of methoxy groups -OCH3 is 2. The van der Waals surface area contributed by atoms with Crippen LogP contribution in [0.15, 0.2) is 0 Å². The van der Waals surface area contributed by atoms with E-state index in [-0.39, 0.29) is 30.7 Å². The lowest BCUT2D eigenvalue weighted by Gasteiger charge is -2.61. The fourth-order valence-corrected chi connectivity index (χ4v) is 5.21. The van der Waals surface area contributed by atoms with Crippen LogP contribution in [-0.4, -0.2) is 31.8 Å². The number of esters is 2. The Labute approximate surface area is 111 Å². The Balaban J connectivity index is 2.04. The van der Waals surface area contributed by atoms with Crippen molar-refractivity contribution in [1.29, 1.82) is 0 Å². The highest BCUT2D eigenvalue weighted by atomic mass is 19.1. The SMILES string of the molecule is COC(=O)C12CC3CC(F)(C1)CC(C(=O)OC)(C3)C2. The number of ether oxygens (including phenoxy) is 2. The van der Waals surface area contributed by atoms with Gasteiger partial charge in [0.2, 0.25) is 0 Å². The zero-order chi connectivity index (χ0) is 13.9. The Morgan fingerprint density at radius 3 is 1.79 bits per heavy atom. The number of carbonyl (C=O) groups is 2. The highest BCUT2D eigenvalue weighted by Crippen LogP contribution is 2.68. The lowest BCUT2D eigenvalue weighted by Crippen LogP contribution is -2.63. The van der Waals surface area contributed by atoms with E-state index >= 15 is 0 Å². The second-order valence-corrected chi connectivity index (χ2v) is 6.70. The van der Waals surface area contributed by atoms with Gasteiger partial charge in [-0.25, -0.2) is 4.39 Å². The molecular formula is C14H19FO4. The van der Waals surface area contributed by atoms with E-state index in [1.807, 2.05) is 0 Å². The predicted molar refractivity (Wildman–Crippen MR) is 63.9 cm³/mol. The van der Waals surface area contributed by atoms with Crippen molar-refractivity contribution in [1.82, 2.24) is 0 Å². The van der Waals surface area contributed by atoms with Crippen LogP contribution in [0.25, 0.3) is 0 Å². The molecule has 4 fully saturated rings. The topological polar surface area (TPSA) is 52.6 Å². The minimum atomic E-state index is -1.41. The van der Waals surface area contributed by atoms with E-state index in [4.69, 9.17) is 9.47 Å². The first-order chi connectivity index (χ1) is 8.87. The van der Waals surface area contributed by atoms with Gasteiger partial charge in [0.05, 0.1) is 25.0 Å². The van der Waals surface area contributed by atoms with Gasteiger partial charge in [-0.1, -0.05) is 0 Å². The largest absolute Gasteiger partial charge is 0.469 e. The van der Waals surface area contributed by atoms with Gasteiger partial charge in [0.25, 0.3) is 0 Å². The van der Waals surface area contributed by atoms with Crippen LogP contribution in [0, 0.1) is 16.7 Å². The quantitative estimate of drug-likeness (QED) is 0.720.